The molecule has 2 heterocycles. The van der Waals surface area contributed by atoms with Crippen LogP contribution in [0.5, 0.6) is 0 Å². The number of rotatable bonds is 0. The first-order chi connectivity index (χ1) is 10.2. The molecule has 0 saturated heterocycles. The van der Waals surface area contributed by atoms with E-state index in [4.69, 9.17) is 4.74 Å². The molecule has 122 valence electrons. The molecule has 1 aliphatic heterocycles. The third-order valence-corrected chi connectivity index (χ3v) is 3.15. The average molecular weight is 309 g/mol. The molecule has 0 atom stereocenters. The molecular weight excluding hydrogens is 286 g/mol. The fourth-order valence-electron chi connectivity index (χ4n) is 2.13. The van der Waals surface area contributed by atoms with Crippen molar-refractivity contribution in [3.63, 3.8) is 0 Å². The van der Waals surface area contributed by atoms with E-state index in [0.717, 1.165) is 16.9 Å². The van der Waals surface area contributed by atoms with Gasteiger partial charge < -0.3 is 14.5 Å². The van der Waals surface area contributed by atoms with E-state index in [1.165, 1.54) is 4.90 Å². The van der Waals surface area contributed by atoms with Gasteiger partial charge in [-0.3, -0.25) is 0 Å². The summed E-state index contributed by atoms with van der Waals surface area (Å²) in [5.41, 5.74) is 0.880. The molecular formula is C14H23N5O3. The Bertz CT molecular complexity index is 574. The van der Waals surface area contributed by atoms with Gasteiger partial charge in [-0.25, -0.2) is 9.59 Å². The molecule has 8 heteroatoms. The normalized spacial score (nSPS) is 15.0. The number of ether oxygens (including phenoxy) is 1. The first kappa shape index (κ1) is 16.3. The van der Waals surface area contributed by atoms with E-state index in [9.17, 15) is 9.59 Å². The maximum absolute atomic E-state index is 12.2. The number of nitrogens with zero attached hydrogens (tertiary/aromatic N) is 5. The molecule has 0 bridgehead atoms. The minimum Gasteiger partial charge on any atom is -0.444 e. The van der Waals surface area contributed by atoms with Crippen molar-refractivity contribution in [1.82, 2.24) is 24.8 Å². The zero-order valence-electron chi connectivity index (χ0n) is 13.8. The number of hydrogen-bond acceptors (Lipinski definition) is 5. The molecule has 2 rings (SSSR count). The lowest BCUT2D eigenvalue weighted by Crippen LogP contribution is -2.36. The summed E-state index contributed by atoms with van der Waals surface area (Å²) in [6.07, 6.45) is 1.09. The maximum atomic E-state index is 12.2. The van der Waals surface area contributed by atoms with Gasteiger partial charge in [0, 0.05) is 20.6 Å². The topological polar surface area (TPSA) is 80.6 Å². The Morgan fingerprint density at radius 2 is 1.82 bits per heavy atom. The van der Waals surface area contributed by atoms with E-state index in [1.807, 2.05) is 20.8 Å². The van der Waals surface area contributed by atoms with E-state index < -0.39 is 5.60 Å². The van der Waals surface area contributed by atoms with Gasteiger partial charge in [0.25, 0.3) is 0 Å². The van der Waals surface area contributed by atoms with Gasteiger partial charge in [-0.2, -0.15) is 0 Å². The lowest BCUT2D eigenvalue weighted by Gasteiger charge is -2.26. The second-order valence-electron chi connectivity index (χ2n) is 6.57. The Kier molecular flexibility index (Phi) is 4.39. The quantitative estimate of drug-likeness (QED) is 0.725. The largest absolute Gasteiger partial charge is 0.444 e. The third-order valence-electron chi connectivity index (χ3n) is 3.15. The maximum Gasteiger partial charge on any atom is 0.410 e. The SMILES string of the molecule is CN(C)C(=O)n1nc2c(n1)CN(C(=O)OC(C)(C)C)CCC2. The van der Waals surface area contributed by atoms with Crippen LogP contribution >= 0.6 is 0 Å². The van der Waals surface area contributed by atoms with Gasteiger partial charge in [-0.1, -0.05) is 4.80 Å². The Morgan fingerprint density at radius 3 is 2.41 bits per heavy atom. The van der Waals surface area contributed by atoms with Crippen LogP contribution in [0.2, 0.25) is 0 Å². The fourth-order valence-corrected chi connectivity index (χ4v) is 2.13. The lowest BCUT2D eigenvalue weighted by molar-refractivity contribution is 0.0234. The number of hydrogen-bond donors (Lipinski definition) is 0. The third kappa shape index (κ3) is 3.75. The molecule has 2 amide bonds. The summed E-state index contributed by atoms with van der Waals surface area (Å²) in [4.78, 5) is 28.2. The molecule has 0 spiro atoms. The molecule has 0 fully saturated rings. The van der Waals surface area contributed by atoms with Crippen LogP contribution in [0.15, 0.2) is 0 Å². The van der Waals surface area contributed by atoms with E-state index >= 15 is 0 Å². The van der Waals surface area contributed by atoms with Gasteiger partial charge in [0.05, 0.1) is 12.2 Å². The summed E-state index contributed by atoms with van der Waals surface area (Å²) in [6, 6.07) is -0.308. The van der Waals surface area contributed by atoms with Crippen molar-refractivity contribution in [2.45, 2.75) is 45.8 Å². The van der Waals surface area contributed by atoms with Crippen molar-refractivity contribution in [3.8, 4) is 0 Å². The minimum absolute atomic E-state index is 0.308. The number of aryl methyl sites for hydroxylation is 1. The first-order valence-corrected chi connectivity index (χ1v) is 7.32. The van der Waals surface area contributed by atoms with Crippen molar-refractivity contribution < 1.29 is 14.3 Å². The summed E-state index contributed by atoms with van der Waals surface area (Å²) >= 11 is 0. The number of amides is 2. The molecule has 1 aromatic heterocycles. The van der Waals surface area contributed by atoms with E-state index in [-0.39, 0.29) is 12.1 Å². The molecule has 0 aromatic carbocycles. The Morgan fingerprint density at radius 1 is 1.18 bits per heavy atom. The summed E-state index contributed by atoms with van der Waals surface area (Å²) < 4.78 is 5.40. The highest BCUT2D eigenvalue weighted by atomic mass is 16.6. The minimum atomic E-state index is -0.537. The Labute approximate surface area is 130 Å². The van der Waals surface area contributed by atoms with Crippen LogP contribution in [0.1, 0.15) is 38.6 Å². The van der Waals surface area contributed by atoms with Crippen LogP contribution in [0.3, 0.4) is 0 Å². The molecule has 0 unspecified atom stereocenters. The van der Waals surface area contributed by atoms with Crippen molar-refractivity contribution in [2.75, 3.05) is 20.6 Å². The summed E-state index contributed by atoms with van der Waals surface area (Å²) in [7, 11) is 3.29. The van der Waals surface area contributed by atoms with Crippen molar-refractivity contribution >= 4 is 12.1 Å². The van der Waals surface area contributed by atoms with Crippen LogP contribution in [0.25, 0.3) is 0 Å². The van der Waals surface area contributed by atoms with Crippen LogP contribution in [0, 0.1) is 0 Å². The second-order valence-corrected chi connectivity index (χ2v) is 6.57. The second kappa shape index (κ2) is 5.94. The van der Waals surface area contributed by atoms with Gasteiger partial charge in [0.2, 0.25) is 0 Å². The number of aromatic nitrogens is 3. The van der Waals surface area contributed by atoms with Crippen molar-refractivity contribution in [1.29, 1.82) is 0 Å². The van der Waals surface area contributed by atoms with Crippen LogP contribution in [0.4, 0.5) is 9.59 Å². The molecule has 1 aromatic rings. The highest BCUT2D eigenvalue weighted by Crippen LogP contribution is 2.18. The van der Waals surface area contributed by atoms with Gasteiger partial charge in [-0.15, -0.1) is 10.2 Å². The Hall–Kier alpha value is -2.12. The molecule has 0 radical (unpaired) electrons. The molecule has 0 N–H and O–H groups in total. The zero-order valence-corrected chi connectivity index (χ0v) is 13.8. The molecule has 8 nitrogen and oxygen atoms in total. The van der Waals surface area contributed by atoms with Crippen molar-refractivity contribution in [3.05, 3.63) is 11.4 Å². The summed E-state index contributed by atoms with van der Waals surface area (Å²) in [6.45, 7) is 6.40. The Balaban J connectivity index is 2.16. The van der Waals surface area contributed by atoms with Gasteiger partial charge in [-0.05, 0) is 33.6 Å². The van der Waals surface area contributed by atoms with E-state index in [0.29, 0.717) is 25.2 Å². The van der Waals surface area contributed by atoms with E-state index in [1.54, 1.807) is 19.0 Å². The van der Waals surface area contributed by atoms with Crippen LogP contribution in [-0.4, -0.2) is 63.2 Å². The lowest BCUT2D eigenvalue weighted by atomic mass is 10.2. The highest BCUT2D eigenvalue weighted by Gasteiger charge is 2.27. The molecule has 0 saturated carbocycles. The average Bonchev–Trinajstić information content (AvgIpc) is 2.67. The predicted molar refractivity (Wildman–Crippen MR) is 79.5 cm³/mol. The molecule has 0 aliphatic carbocycles. The number of carbonyl (C=O) groups is 2. The van der Waals surface area contributed by atoms with Gasteiger partial charge >= 0.3 is 12.1 Å². The predicted octanol–water partition coefficient (Wildman–Crippen LogP) is 1.49. The van der Waals surface area contributed by atoms with Gasteiger partial charge in [0.1, 0.15) is 11.3 Å². The first-order valence-electron chi connectivity index (χ1n) is 7.32. The van der Waals surface area contributed by atoms with Crippen LogP contribution < -0.4 is 0 Å². The van der Waals surface area contributed by atoms with Crippen molar-refractivity contribution in [2.24, 2.45) is 0 Å². The number of carbonyl (C=O) groups excluding carboxylic acids is 2. The smallest absolute Gasteiger partial charge is 0.410 e. The van der Waals surface area contributed by atoms with Crippen LogP contribution in [-0.2, 0) is 17.7 Å². The zero-order chi connectivity index (χ0) is 16.5. The summed E-state index contributed by atoms with van der Waals surface area (Å²) in [5.74, 6) is 0. The molecule has 22 heavy (non-hydrogen) atoms. The van der Waals surface area contributed by atoms with E-state index in [2.05, 4.69) is 10.2 Å². The monoisotopic (exact) mass is 309 g/mol. The highest BCUT2D eigenvalue weighted by molar-refractivity contribution is 5.74. The standard InChI is InChI=1S/C14H23N5O3/c1-14(2,3)22-13(21)18-8-6-7-10-11(9-18)16-19(15-10)12(20)17(4)5/h6-9H2,1-5H3. The summed E-state index contributed by atoms with van der Waals surface area (Å²) in [5, 5.41) is 8.46. The number of fused-ring (bicyclic) bond motifs is 1. The molecule has 1 aliphatic rings. The fraction of sp³-hybridized carbons (Fsp3) is 0.714. The van der Waals surface area contributed by atoms with Gasteiger partial charge in [0.15, 0.2) is 0 Å².